The predicted octanol–water partition coefficient (Wildman–Crippen LogP) is 7.73. The fourth-order valence-electron chi connectivity index (χ4n) is 2.94. The van der Waals surface area contributed by atoms with Crippen molar-refractivity contribution in [2.45, 2.75) is 58.8 Å². The van der Waals surface area contributed by atoms with Gasteiger partial charge in [0.15, 0.2) is 11.6 Å². The smallest absolute Gasteiger partial charge is 0.201 e. The van der Waals surface area contributed by atoms with Crippen LogP contribution in [0.25, 0.3) is 11.1 Å². The van der Waals surface area contributed by atoms with Crippen LogP contribution in [-0.4, -0.2) is 6.61 Å². The minimum Gasteiger partial charge on any atom is -0.490 e. The molecule has 2 rings (SSSR count). The number of hydrogen-bond donors (Lipinski definition) is 0. The van der Waals surface area contributed by atoms with E-state index in [-0.39, 0.29) is 21.9 Å². The van der Waals surface area contributed by atoms with Crippen LogP contribution in [0.4, 0.5) is 13.2 Å². The number of benzene rings is 2. The third-order valence-electron chi connectivity index (χ3n) is 4.55. The quantitative estimate of drug-likeness (QED) is 0.372. The summed E-state index contributed by atoms with van der Waals surface area (Å²) in [6.07, 6.45) is 6.37. The lowest BCUT2D eigenvalue weighted by atomic mass is 9.99. The van der Waals surface area contributed by atoms with Gasteiger partial charge >= 0.3 is 0 Å². The maximum Gasteiger partial charge on any atom is 0.201 e. The zero-order valence-corrected chi connectivity index (χ0v) is 16.6. The van der Waals surface area contributed by atoms with Gasteiger partial charge in [0.25, 0.3) is 0 Å². The molecule has 0 amide bonds. The van der Waals surface area contributed by atoms with Gasteiger partial charge in [0.1, 0.15) is 5.82 Å². The summed E-state index contributed by atoms with van der Waals surface area (Å²) in [4.78, 5) is 0. The van der Waals surface area contributed by atoms with Crippen molar-refractivity contribution in [2.75, 3.05) is 6.61 Å². The second-order valence-corrected chi connectivity index (χ2v) is 7.03. The van der Waals surface area contributed by atoms with Crippen molar-refractivity contribution in [1.29, 1.82) is 0 Å². The van der Waals surface area contributed by atoms with Gasteiger partial charge in [-0.3, -0.25) is 0 Å². The van der Waals surface area contributed by atoms with Gasteiger partial charge in [-0.25, -0.2) is 8.78 Å². The lowest BCUT2D eigenvalue weighted by Gasteiger charge is -2.13. The van der Waals surface area contributed by atoms with Crippen LogP contribution in [0.3, 0.4) is 0 Å². The first-order valence-corrected chi connectivity index (χ1v) is 9.97. The summed E-state index contributed by atoms with van der Waals surface area (Å²) in [5.74, 6) is -3.11. The molecule has 0 aliphatic rings. The Labute approximate surface area is 164 Å². The fraction of sp³-hybridized carbons (Fsp3) is 0.455. The van der Waals surface area contributed by atoms with Crippen LogP contribution in [0.15, 0.2) is 24.3 Å². The number of aryl methyl sites for hydroxylation is 1. The molecule has 0 saturated heterocycles. The van der Waals surface area contributed by atoms with Crippen LogP contribution in [0, 0.1) is 17.5 Å². The van der Waals surface area contributed by atoms with Crippen LogP contribution in [0.1, 0.15) is 57.9 Å². The minimum atomic E-state index is -1.13. The highest BCUT2D eigenvalue weighted by molar-refractivity contribution is 6.31. The number of ether oxygens (including phenoxy) is 1. The molecular formula is C22H26ClF3O. The highest BCUT2D eigenvalue weighted by Crippen LogP contribution is 2.35. The monoisotopic (exact) mass is 398 g/mol. The van der Waals surface area contributed by atoms with E-state index in [1.165, 1.54) is 18.2 Å². The summed E-state index contributed by atoms with van der Waals surface area (Å²) >= 11 is 6.13. The summed E-state index contributed by atoms with van der Waals surface area (Å²) < 4.78 is 48.8. The first-order chi connectivity index (χ1) is 13.0. The van der Waals surface area contributed by atoms with E-state index in [1.807, 2.05) is 6.92 Å². The van der Waals surface area contributed by atoms with Gasteiger partial charge in [-0.1, -0.05) is 63.3 Å². The summed E-state index contributed by atoms with van der Waals surface area (Å²) in [5.41, 5.74) is 0.476. The maximum atomic E-state index is 14.7. The molecule has 0 radical (unpaired) electrons. The van der Waals surface area contributed by atoms with Gasteiger partial charge in [0.2, 0.25) is 5.82 Å². The number of rotatable bonds is 10. The Morgan fingerprint density at radius 1 is 0.778 bits per heavy atom. The molecule has 0 unspecified atom stereocenters. The molecule has 148 valence electrons. The largest absolute Gasteiger partial charge is 0.490 e. The first kappa shape index (κ1) is 21.6. The molecule has 0 atom stereocenters. The standard InChI is InChI=1S/C22H26ClF3O/c1-3-5-7-9-15-10-11-16(20(24)19(15)23)17-12-13-18(22(26)21(17)25)27-14-8-6-4-2/h10-13H,3-9,14H2,1-2H3. The van der Waals surface area contributed by atoms with Crippen molar-refractivity contribution in [3.8, 4) is 16.9 Å². The van der Waals surface area contributed by atoms with Crippen LogP contribution in [0.5, 0.6) is 5.75 Å². The van der Waals surface area contributed by atoms with E-state index in [2.05, 4.69) is 6.92 Å². The Balaban J connectivity index is 2.25. The van der Waals surface area contributed by atoms with Crippen molar-refractivity contribution in [3.05, 3.63) is 52.3 Å². The average Bonchev–Trinajstić information content (AvgIpc) is 2.66. The summed E-state index contributed by atoms with van der Waals surface area (Å²) in [7, 11) is 0. The molecular weight excluding hydrogens is 373 g/mol. The predicted molar refractivity (Wildman–Crippen MR) is 105 cm³/mol. The Hall–Kier alpha value is -1.68. The van der Waals surface area contributed by atoms with Crippen molar-refractivity contribution in [2.24, 2.45) is 0 Å². The third kappa shape index (κ3) is 5.41. The van der Waals surface area contributed by atoms with Crippen LogP contribution in [-0.2, 0) is 6.42 Å². The second kappa shape index (κ2) is 10.6. The van der Waals surface area contributed by atoms with E-state index < -0.39 is 17.5 Å². The maximum absolute atomic E-state index is 14.7. The molecule has 0 bridgehead atoms. The summed E-state index contributed by atoms with van der Waals surface area (Å²) in [5, 5.41) is -0.0247. The van der Waals surface area contributed by atoms with Crippen molar-refractivity contribution >= 4 is 11.6 Å². The Bertz CT molecular complexity index is 762. The van der Waals surface area contributed by atoms with Gasteiger partial charge in [-0.2, -0.15) is 4.39 Å². The molecule has 2 aromatic carbocycles. The second-order valence-electron chi connectivity index (χ2n) is 6.65. The van der Waals surface area contributed by atoms with Gasteiger partial charge in [0, 0.05) is 11.1 Å². The number of unbranched alkanes of at least 4 members (excludes halogenated alkanes) is 4. The highest BCUT2D eigenvalue weighted by Gasteiger charge is 2.20. The van der Waals surface area contributed by atoms with E-state index >= 15 is 0 Å². The molecule has 0 aromatic heterocycles. The normalized spacial score (nSPS) is 11.0. The van der Waals surface area contributed by atoms with Crippen LogP contribution in [0.2, 0.25) is 5.02 Å². The Morgan fingerprint density at radius 3 is 2.11 bits per heavy atom. The zero-order chi connectivity index (χ0) is 19.8. The van der Waals surface area contributed by atoms with E-state index in [4.69, 9.17) is 16.3 Å². The van der Waals surface area contributed by atoms with Crippen molar-refractivity contribution in [1.82, 2.24) is 0 Å². The average molecular weight is 399 g/mol. The molecule has 27 heavy (non-hydrogen) atoms. The van der Waals surface area contributed by atoms with E-state index in [0.29, 0.717) is 18.6 Å². The Morgan fingerprint density at radius 2 is 1.41 bits per heavy atom. The summed E-state index contributed by atoms with van der Waals surface area (Å²) in [6, 6.07) is 5.81. The van der Waals surface area contributed by atoms with Gasteiger partial charge in [-0.05, 0) is 37.0 Å². The fourth-order valence-corrected chi connectivity index (χ4v) is 3.20. The lowest BCUT2D eigenvalue weighted by Crippen LogP contribution is -2.02. The van der Waals surface area contributed by atoms with Crippen molar-refractivity contribution < 1.29 is 17.9 Å². The summed E-state index contributed by atoms with van der Waals surface area (Å²) in [6.45, 7) is 4.44. The van der Waals surface area contributed by atoms with Gasteiger partial charge < -0.3 is 4.74 Å². The molecule has 1 nitrogen and oxygen atoms in total. The van der Waals surface area contributed by atoms with E-state index in [1.54, 1.807) is 6.07 Å². The third-order valence-corrected chi connectivity index (χ3v) is 4.96. The zero-order valence-electron chi connectivity index (χ0n) is 15.9. The first-order valence-electron chi connectivity index (χ1n) is 9.59. The lowest BCUT2D eigenvalue weighted by molar-refractivity contribution is 0.286. The molecule has 5 heteroatoms. The molecule has 0 aliphatic carbocycles. The SMILES string of the molecule is CCCCCOc1ccc(-c2ccc(CCCCC)c(Cl)c2F)c(F)c1F. The van der Waals surface area contributed by atoms with Crippen LogP contribution < -0.4 is 4.74 Å². The molecule has 0 aliphatic heterocycles. The number of hydrogen-bond acceptors (Lipinski definition) is 1. The van der Waals surface area contributed by atoms with Crippen molar-refractivity contribution in [3.63, 3.8) is 0 Å². The van der Waals surface area contributed by atoms with Gasteiger partial charge in [-0.15, -0.1) is 0 Å². The highest BCUT2D eigenvalue weighted by atomic mass is 35.5. The van der Waals surface area contributed by atoms with Gasteiger partial charge in [0.05, 0.1) is 11.6 Å². The molecule has 0 heterocycles. The molecule has 2 aromatic rings. The molecule has 0 fully saturated rings. The van der Waals surface area contributed by atoms with E-state index in [9.17, 15) is 13.2 Å². The molecule has 0 spiro atoms. The molecule has 0 N–H and O–H groups in total. The Kier molecular flexibility index (Phi) is 8.49. The molecule has 0 saturated carbocycles. The number of halogens is 4. The van der Waals surface area contributed by atoms with Crippen LogP contribution >= 0.6 is 11.6 Å². The van der Waals surface area contributed by atoms with E-state index in [0.717, 1.165) is 38.5 Å². The minimum absolute atomic E-state index is 0.0247. The topological polar surface area (TPSA) is 9.23 Å².